The van der Waals surface area contributed by atoms with Crippen LogP contribution in [0.5, 0.6) is 5.75 Å². The van der Waals surface area contributed by atoms with E-state index in [-0.39, 0.29) is 11.0 Å². The Morgan fingerprint density at radius 1 is 0.978 bits per heavy atom. The summed E-state index contributed by atoms with van der Waals surface area (Å²) in [5.41, 5.74) is 14.1. The van der Waals surface area contributed by atoms with Gasteiger partial charge in [0.05, 0.1) is 7.11 Å². The van der Waals surface area contributed by atoms with E-state index in [1.54, 1.807) is 13.3 Å². The van der Waals surface area contributed by atoms with Gasteiger partial charge in [0.2, 0.25) is 5.43 Å². The van der Waals surface area contributed by atoms with Gasteiger partial charge in [-0.1, -0.05) is 54.1 Å². The quantitative estimate of drug-likeness (QED) is 0.220. The van der Waals surface area contributed by atoms with Crippen LogP contribution < -0.4 is 26.5 Å². The molecular formula is C38H40N4O4. The van der Waals surface area contributed by atoms with Gasteiger partial charge in [-0.25, -0.2) is 0 Å². The van der Waals surface area contributed by atoms with Gasteiger partial charge in [-0.3, -0.25) is 9.59 Å². The van der Waals surface area contributed by atoms with Crippen molar-refractivity contribution >= 4 is 22.7 Å². The fourth-order valence-electron chi connectivity index (χ4n) is 6.01. The van der Waals surface area contributed by atoms with Gasteiger partial charge in [0.25, 0.3) is 5.91 Å². The summed E-state index contributed by atoms with van der Waals surface area (Å²) in [4.78, 5) is 27.3. The van der Waals surface area contributed by atoms with Crippen molar-refractivity contribution in [2.24, 2.45) is 11.7 Å². The maximum absolute atomic E-state index is 13.7. The van der Waals surface area contributed by atoms with Gasteiger partial charge < -0.3 is 30.4 Å². The van der Waals surface area contributed by atoms with Gasteiger partial charge in [0.1, 0.15) is 17.5 Å². The summed E-state index contributed by atoms with van der Waals surface area (Å²) in [5.74, 6) is 0.799. The number of aryl methyl sites for hydroxylation is 2. The van der Waals surface area contributed by atoms with Crippen molar-refractivity contribution in [3.63, 3.8) is 0 Å². The molecule has 2 aliphatic rings. The largest absolute Gasteiger partial charge is 0.496 e. The van der Waals surface area contributed by atoms with Crippen molar-refractivity contribution in [1.29, 1.82) is 0 Å². The first-order chi connectivity index (χ1) is 22.3. The molecule has 6 rings (SSSR count). The van der Waals surface area contributed by atoms with Crippen LogP contribution in [0.15, 0.2) is 96.2 Å². The smallest absolute Gasteiger partial charge is 0.261 e. The zero-order valence-corrected chi connectivity index (χ0v) is 26.5. The minimum atomic E-state index is -0.443. The van der Waals surface area contributed by atoms with Crippen LogP contribution in [0.4, 0.5) is 5.69 Å². The van der Waals surface area contributed by atoms with Crippen molar-refractivity contribution in [2.75, 3.05) is 25.6 Å². The molecule has 1 saturated heterocycles. The van der Waals surface area contributed by atoms with Crippen molar-refractivity contribution in [3.8, 4) is 16.9 Å². The molecule has 4 N–H and O–H groups in total. The van der Waals surface area contributed by atoms with Crippen LogP contribution >= 0.6 is 0 Å². The molecule has 2 aliphatic heterocycles. The maximum atomic E-state index is 13.7. The SMILES string of the molecule is COc1cc(C2=CNC(N)C(c3ccc(NC(=O)c4cn(CC5CCOCC5)cc(-c5ccc(C)cc5)c4=O)cc3)=C2)ccc1C. The number of nitrogens with zero attached hydrogens (tertiary/aromatic N) is 1. The number of amides is 1. The highest BCUT2D eigenvalue weighted by Gasteiger charge is 2.21. The first kappa shape index (κ1) is 31.1. The number of hydrogen-bond acceptors (Lipinski definition) is 6. The molecule has 0 radical (unpaired) electrons. The Balaban J connectivity index is 1.25. The van der Waals surface area contributed by atoms with Crippen molar-refractivity contribution in [1.82, 2.24) is 9.88 Å². The van der Waals surface area contributed by atoms with Gasteiger partial charge in [0, 0.05) is 49.6 Å². The zero-order chi connectivity index (χ0) is 32.2. The number of aromatic nitrogens is 1. The van der Waals surface area contributed by atoms with Crippen LogP contribution in [0.2, 0.25) is 0 Å². The normalized spacial score (nSPS) is 16.7. The van der Waals surface area contributed by atoms with E-state index in [0.29, 0.717) is 23.7 Å². The summed E-state index contributed by atoms with van der Waals surface area (Å²) in [6.07, 6.45) is 9.04. The lowest BCUT2D eigenvalue weighted by atomic mass is 9.94. The van der Waals surface area contributed by atoms with Crippen LogP contribution in [-0.2, 0) is 11.3 Å². The summed E-state index contributed by atoms with van der Waals surface area (Å²) < 4.78 is 13.0. The van der Waals surface area contributed by atoms with E-state index in [0.717, 1.165) is 70.8 Å². The molecular weight excluding hydrogens is 576 g/mol. The zero-order valence-electron chi connectivity index (χ0n) is 26.5. The summed E-state index contributed by atoms with van der Waals surface area (Å²) in [7, 11) is 1.67. The summed E-state index contributed by atoms with van der Waals surface area (Å²) >= 11 is 0. The van der Waals surface area contributed by atoms with Crippen LogP contribution in [0.25, 0.3) is 22.3 Å². The van der Waals surface area contributed by atoms with Crippen molar-refractivity contribution < 1.29 is 14.3 Å². The molecule has 0 aliphatic carbocycles. The molecule has 3 heterocycles. The van der Waals surface area contributed by atoms with E-state index >= 15 is 0 Å². The third kappa shape index (κ3) is 6.83. The number of methoxy groups -OCH3 is 1. The molecule has 1 aromatic heterocycles. The van der Waals surface area contributed by atoms with Crippen molar-refractivity contribution in [2.45, 2.75) is 39.4 Å². The Bertz CT molecular complexity index is 1850. The summed E-state index contributed by atoms with van der Waals surface area (Å²) in [5, 5.41) is 6.20. The fourth-order valence-corrected chi connectivity index (χ4v) is 6.01. The number of carbonyl (C=O) groups is 1. The lowest BCUT2D eigenvalue weighted by Crippen LogP contribution is -2.36. The number of dihydropyridines is 1. The van der Waals surface area contributed by atoms with E-state index < -0.39 is 12.1 Å². The lowest BCUT2D eigenvalue weighted by molar-refractivity contribution is 0.0612. The molecule has 1 unspecified atom stereocenters. The molecule has 236 valence electrons. The van der Waals surface area contributed by atoms with Gasteiger partial charge in [-0.2, -0.15) is 0 Å². The Morgan fingerprint density at radius 2 is 1.67 bits per heavy atom. The first-order valence-corrected chi connectivity index (χ1v) is 15.7. The molecule has 0 saturated carbocycles. The van der Waals surface area contributed by atoms with Crippen LogP contribution in [0.3, 0.4) is 0 Å². The molecule has 46 heavy (non-hydrogen) atoms. The van der Waals surface area contributed by atoms with E-state index in [4.69, 9.17) is 15.2 Å². The molecule has 1 fully saturated rings. The average Bonchev–Trinajstić information content (AvgIpc) is 3.07. The number of anilines is 1. The number of ether oxygens (including phenoxy) is 2. The number of allylic oxidation sites excluding steroid dienone is 2. The third-order valence-corrected chi connectivity index (χ3v) is 8.78. The van der Waals surface area contributed by atoms with Gasteiger partial charge in [-0.15, -0.1) is 0 Å². The predicted octanol–water partition coefficient (Wildman–Crippen LogP) is 6.13. The second kappa shape index (κ2) is 13.6. The number of nitrogens with two attached hydrogens (primary N) is 1. The Hall–Kier alpha value is -4.92. The molecule has 4 aromatic rings. The summed E-state index contributed by atoms with van der Waals surface area (Å²) in [6, 6.07) is 21.4. The Morgan fingerprint density at radius 3 is 2.39 bits per heavy atom. The topological polar surface area (TPSA) is 108 Å². The average molecular weight is 617 g/mol. The lowest BCUT2D eigenvalue weighted by Gasteiger charge is -2.24. The molecule has 3 aromatic carbocycles. The summed E-state index contributed by atoms with van der Waals surface area (Å²) in [6.45, 7) is 6.20. The van der Waals surface area contributed by atoms with Crippen molar-refractivity contribution in [3.05, 3.63) is 129 Å². The number of benzene rings is 3. The highest BCUT2D eigenvalue weighted by atomic mass is 16.5. The molecule has 0 bridgehead atoms. The number of pyridine rings is 1. The van der Waals surface area contributed by atoms with Crippen LogP contribution in [0.1, 0.15) is 45.5 Å². The molecule has 1 atom stereocenters. The van der Waals surface area contributed by atoms with Gasteiger partial charge >= 0.3 is 0 Å². The van der Waals surface area contributed by atoms with E-state index in [1.807, 2.05) is 91.5 Å². The minimum absolute atomic E-state index is 0.110. The van der Waals surface area contributed by atoms with E-state index in [9.17, 15) is 9.59 Å². The van der Waals surface area contributed by atoms with Gasteiger partial charge in [-0.05, 0) is 90.3 Å². The van der Waals surface area contributed by atoms with Gasteiger partial charge in [0.15, 0.2) is 0 Å². The highest BCUT2D eigenvalue weighted by Crippen LogP contribution is 2.30. The number of nitrogens with one attached hydrogen (secondary N) is 2. The van der Waals surface area contributed by atoms with Crippen LogP contribution in [0, 0.1) is 19.8 Å². The number of rotatable bonds is 8. The minimum Gasteiger partial charge on any atom is -0.496 e. The first-order valence-electron chi connectivity index (χ1n) is 15.7. The standard InChI is InChI=1S/C38H40N4O4/c1-24-4-7-28(8-5-24)33-22-42(21-26-14-16-46-17-15-26)23-34(36(33)43)38(44)41-31-12-10-27(11-13-31)32-18-30(20-40-37(32)39)29-9-6-25(2)35(19-29)45-3/h4-13,18-20,22-23,26,37,40H,14-17,21,39H2,1-3H3,(H,41,44). The van der Waals surface area contributed by atoms with E-state index in [1.165, 1.54) is 0 Å². The Labute approximate surface area is 269 Å². The van der Waals surface area contributed by atoms with Crippen LogP contribution in [-0.4, -0.2) is 37.0 Å². The molecule has 0 spiro atoms. The Kier molecular flexibility index (Phi) is 9.19. The third-order valence-electron chi connectivity index (χ3n) is 8.78. The van der Waals surface area contributed by atoms with E-state index in [2.05, 4.69) is 22.8 Å². The molecule has 8 heteroatoms. The molecule has 8 nitrogen and oxygen atoms in total. The predicted molar refractivity (Wildman–Crippen MR) is 184 cm³/mol. The number of carbonyl (C=O) groups excluding carboxylic acids is 1. The maximum Gasteiger partial charge on any atom is 0.261 e. The highest BCUT2D eigenvalue weighted by molar-refractivity contribution is 6.04. The fraction of sp³-hybridized carbons (Fsp3) is 0.263. The monoisotopic (exact) mass is 616 g/mol. The second-order valence-electron chi connectivity index (χ2n) is 12.1. The molecule has 1 amide bonds. The number of hydrogen-bond donors (Lipinski definition) is 3. The second-order valence-corrected chi connectivity index (χ2v) is 12.1.